The van der Waals surface area contributed by atoms with Crippen LogP contribution in [0.3, 0.4) is 0 Å². The SMILES string of the molecule is Cc1cc(-c2nnc3n2CCNC3C)sc1C. The summed E-state index contributed by atoms with van der Waals surface area (Å²) in [4.78, 5) is 2.59. The van der Waals surface area contributed by atoms with Crippen LogP contribution in [0.5, 0.6) is 0 Å². The molecule has 0 saturated carbocycles. The molecule has 5 heteroatoms. The monoisotopic (exact) mass is 248 g/mol. The molecule has 0 aliphatic carbocycles. The van der Waals surface area contributed by atoms with Gasteiger partial charge in [-0.05, 0) is 32.4 Å². The second-order valence-corrected chi connectivity index (χ2v) is 5.82. The predicted octanol–water partition coefficient (Wildman–Crippen LogP) is 2.29. The van der Waals surface area contributed by atoms with Crippen LogP contribution in [0.4, 0.5) is 0 Å². The standard InChI is InChI=1S/C12H16N4S/c1-7-6-10(17-9(7)3)12-15-14-11-8(2)13-4-5-16(11)12/h6,8,13H,4-5H2,1-3H3. The molecular formula is C12H16N4S. The first-order chi connectivity index (χ1) is 8.16. The molecule has 0 bridgehead atoms. The Labute approximate surface area is 105 Å². The summed E-state index contributed by atoms with van der Waals surface area (Å²) in [5.74, 6) is 2.07. The zero-order chi connectivity index (χ0) is 12.0. The number of fused-ring (bicyclic) bond motifs is 1. The van der Waals surface area contributed by atoms with Crippen molar-refractivity contribution in [3.8, 4) is 10.7 Å². The lowest BCUT2D eigenvalue weighted by atomic mass is 10.2. The number of hydrogen-bond donors (Lipinski definition) is 1. The molecule has 3 rings (SSSR count). The molecular weight excluding hydrogens is 232 g/mol. The quantitative estimate of drug-likeness (QED) is 0.842. The number of aromatic nitrogens is 3. The van der Waals surface area contributed by atoms with E-state index in [1.54, 1.807) is 11.3 Å². The molecule has 1 atom stereocenters. The first kappa shape index (κ1) is 10.9. The van der Waals surface area contributed by atoms with Gasteiger partial charge in [-0.1, -0.05) is 0 Å². The lowest BCUT2D eigenvalue weighted by molar-refractivity contribution is 0.439. The van der Waals surface area contributed by atoms with Crippen LogP contribution < -0.4 is 5.32 Å². The van der Waals surface area contributed by atoms with Gasteiger partial charge in [0, 0.05) is 18.0 Å². The summed E-state index contributed by atoms with van der Waals surface area (Å²) < 4.78 is 2.24. The highest BCUT2D eigenvalue weighted by Gasteiger charge is 2.22. The van der Waals surface area contributed by atoms with Crippen LogP contribution in [0.2, 0.25) is 0 Å². The minimum atomic E-state index is 0.298. The second-order valence-electron chi connectivity index (χ2n) is 4.56. The fraction of sp³-hybridized carbons (Fsp3) is 0.500. The van der Waals surface area contributed by atoms with Gasteiger partial charge in [0.15, 0.2) is 5.82 Å². The molecule has 0 radical (unpaired) electrons. The third kappa shape index (κ3) is 1.70. The number of hydrogen-bond acceptors (Lipinski definition) is 4. The molecule has 0 saturated heterocycles. The summed E-state index contributed by atoms with van der Waals surface area (Å²) in [5, 5.41) is 12.1. The summed E-state index contributed by atoms with van der Waals surface area (Å²) in [5.41, 5.74) is 1.34. The summed E-state index contributed by atoms with van der Waals surface area (Å²) in [7, 11) is 0. The smallest absolute Gasteiger partial charge is 0.174 e. The van der Waals surface area contributed by atoms with E-state index in [9.17, 15) is 0 Å². The molecule has 0 spiro atoms. The van der Waals surface area contributed by atoms with Crippen LogP contribution >= 0.6 is 11.3 Å². The van der Waals surface area contributed by atoms with Crippen molar-refractivity contribution in [2.24, 2.45) is 0 Å². The van der Waals surface area contributed by atoms with E-state index in [1.165, 1.54) is 15.3 Å². The molecule has 1 aliphatic rings. The van der Waals surface area contributed by atoms with Crippen molar-refractivity contribution < 1.29 is 0 Å². The molecule has 4 nitrogen and oxygen atoms in total. The largest absolute Gasteiger partial charge is 0.308 e. The van der Waals surface area contributed by atoms with Crippen molar-refractivity contribution in [1.82, 2.24) is 20.1 Å². The van der Waals surface area contributed by atoms with Gasteiger partial charge in [-0.2, -0.15) is 0 Å². The Balaban J connectivity index is 2.10. The highest BCUT2D eigenvalue weighted by atomic mass is 32.1. The van der Waals surface area contributed by atoms with E-state index in [4.69, 9.17) is 0 Å². The van der Waals surface area contributed by atoms with E-state index in [2.05, 4.69) is 46.9 Å². The molecule has 1 N–H and O–H groups in total. The van der Waals surface area contributed by atoms with E-state index < -0.39 is 0 Å². The third-order valence-corrected chi connectivity index (χ3v) is 4.49. The maximum absolute atomic E-state index is 4.36. The van der Waals surface area contributed by atoms with Crippen molar-refractivity contribution in [3.63, 3.8) is 0 Å². The van der Waals surface area contributed by atoms with Crippen molar-refractivity contribution >= 4 is 11.3 Å². The van der Waals surface area contributed by atoms with Gasteiger partial charge in [0.1, 0.15) is 5.82 Å². The average Bonchev–Trinajstić information content (AvgIpc) is 2.85. The number of nitrogens with zero attached hydrogens (tertiary/aromatic N) is 3. The molecule has 1 unspecified atom stereocenters. The first-order valence-electron chi connectivity index (χ1n) is 5.90. The molecule has 0 fully saturated rings. The van der Waals surface area contributed by atoms with Crippen molar-refractivity contribution in [1.29, 1.82) is 0 Å². The minimum Gasteiger partial charge on any atom is -0.308 e. The van der Waals surface area contributed by atoms with Crippen molar-refractivity contribution in [2.45, 2.75) is 33.4 Å². The number of rotatable bonds is 1. The van der Waals surface area contributed by atoms with E-state index >= 15 is 0 Å². The Hall–Kier alpha value is -1.20. The number of thiophene rings is 1. The Kier molecular flexibility index (Phi) is 2.52. The van der Waals surface area contributed by atoms with Crippen LogP contribution in [0.15, 0.2) is 6.07 Å². The van der Waals surface area contributed by atoms with E-state index in [0.29, 0.717) is 6.04 Å². The number of aryl methyl sites for hydroxylation is 2. The van der Waals surface area contributed by atoms with Crippen LogP contribution in [0.25, 0.3) is 10.7 Å². The fourth-order valence-electron chi connectivity index (χ4n) is 2.21. The molecule has 2 aromatic rings. The zero-order valence-corrected chi connectivity index (χ0v) is 11.1. The minimum absolute atomic E-state index is 0.298. The summed E-state index contributed by atoms with van der Waals surface area (Å²) in [6, 6.07) is 2.51. The summed E-state index contributed by atoms with van der Waals surface area (Å²) in [6.07, 6.45) is 0. The van der Waals surface area contributed by atoms with Gasteiger partial charge in [-0.25, -0.2) is 0 Å². The Morgan fingerprint density at radius 1 is 1.41 bits per heavy atom. The lowest BCUT2D eigenvalue weighted by Crippen LogP contribution is -2.32. The van der Waals surface area contributed by atoms with Crippen LogP contribution in [0.1, 0.15) is 29.2 Å². The van der Waals surface area contributed by atoms with Gasteiger partial charge in [0.2, 0.25) is 0 Å². The van der Waals surface area contributed by atoms with Crippen LogP contribution in [-0.2, 0) is 6.54 Å². The number of nitrogens with one attached hydrogen (secondary N) is 1. The van der Waals surface area contributed by atoms with Crippen LogP contribution in [-0.4, -0.2) is 21.3 Å². The van der Waals surface area contributed by atoms with Gasteiger partial charge in [-0.15, -0.1) is 21.5 Å². The average molecular weight is 248 g/mol. The highest BCUT2D eigenvalue weighted by Crippen LogP contribution is 2.31. The Morgan fingerprint density at radius 2 is 2.24 bits per heavy atom. The Morgan fingerprint density at radius 3 is 2.94 bits per heavy atom. The lowest BCUT2D eigenvalue weighted by Gasteiger charge is -2.21. The third-order valence-electron chi connectivity index (χ3n) is 3.34. The zero-order valence-electron chi connectivity index (χ0n) is 10.3. The van der Waals surface area contributed by atoms with Crippen LogP contribution in [0, 0.1) is 13.8 Å². The van der Waals surface area contributed by atoms with E-state index in [0.717, 1.165) is 24.7 Å². The van der Waals surface area contributed by atoms with Gasteiger partial charge < -0.3 is 9.88 Å². The van der Waals surface area contributed by atoms with Gasteiger partial charge >= 0.3 is 0 Å². The van der Waals surface area contributed by atoms with Crippen molar-refractivity contribution in [2.75, 3.05) is 6.54 Å². The Bertz CT molecular complexity index is 535. The van der Waals surface area contributed by atoms with E-state index in [-0.39, 0.29) is 0 Å². The highest BCUT2D eigenvalue weighted by molar-refractivity contribution is 7.15. The summed E-state index contributed by atoms with van der Waals surface area (Å²) in [6.45, 7) is 8.38. The van der Waals surface area contributed by atoms with Crippen molar-refractivity contribution in [3.05, 3.63) is 22.3 Å². The molecule has 0 aromatic carbocycles. The van der Waals surface area contributed by atoms with E-state index in [1.807, 2.05) is 0 Å². The molecule has 17 heavy (non-hydrogen) atoms. The predicted molar refractivity (Wildman–Crippen MR) is 69.2 cm³/mol. The first-order valence-corrected chi connectivity index (χ1v) is 6.72. The molecule has 90 valence electrons. The normalized spacial score (nSPS) is 19.4. The molecule has 0 amide bonds. The second kappa shape index (κ2) is 3.92. The summed E-state index contributed by atoms with van der Waals surface area (Å²) >= 11 is 1.80. The molecule has 1 aliphatic heterocycles. The van der Waals surface area contributed by atoms with Gasteiger partial charge in [0.05, 0.1) is 10.9 Å². The maximum atomic E-state index is 4.36. The molecule has 2 aromatic heterocycles. The topological polar surface area (TPSA) is 42.7 Å². The van der Waals surface area contributed by atoms with Gasteiger partial charge in [-0.3, -0.25) is 0 Å². The van der Waals surface area contributed by atoms with Gasteiger partial charge in [0.25, 0.3) is 0 Å². The fourth-order valence-corrected chi connectivity index (χ4v) is 3.23. The molecule has 3 heterocycles. The maximum Gasteiger partial charge on any atom is 0.174 e.